The van der Waals surface area contributed by atoms with Gasteiger partial charge in [-0.3, -0.25) is 13.9 Å². The molecule has 0 atom stereocenters. The molecule has 0 bridgehead atoms. The molecule has 25 heavy (non-hydrogen) atoms. The predicted octanol–water partition coefficient (Wildman–Crippen LogP) is 0.669. The Kier molecular flexibility index (Phi) is 4.16. The highest BCUT2D eigenvalue weighted by Crippen LogP contribution is 2.27. The largest absolute Gasteiger partial charge is 0.383 e. The zero-order chi connectivity index (χ0) is 18.5. The lowest BCUT2D eigenvalue weighted by Crippen LogP contribution is -2.40. The van der Waals surface area contributed by atoms with E-state index in [1.807, 2.05) is 6.92 Å². The molecule has 0 fully saturated rings. The van der Waals surface area contributed by atoms with E-state index in [0.29, 0.717) is 22.6 Å². The SMILES string of the molecule is Cc1nc(C(C)(C)O)sc1CCn1c(=O)c2c(ncn2C)n(C)c1=O. The Balaban J connectivity index is 2.00. The summed E-state index contributed by atoms with van der Waals surface area (Å²) in [6.45, 7) is 5.49. The molecule has 9 heteroatoms. The molecular weight excluding hydrogens is 342 g/mol. The molecule has 3 heterocycles. The molecule has 0 saturated carbocycles. The summed E-state index contributed by atoms with van der Waals surface area (Å²) in [5.41, 5.74) is -0.140. The number of rotatable bonds is 4. The van der Waals surface area contributed by atoms with Gasteiger partial charge in [-0.05, 0) is 20.8 Å². The fourth-order valence-corrected chi connectivity index (χ4v) is 3.78. The molecule has 0 aliphatic carbocycles. The Morgan fingerprint density at radius 2 is 1.96 bits per heavy atom. The monoisotopic (exact) mass is 363 g/mol. The second-order valence-electron chi connectivity index (χ2n) is 6.66. The van der Waals surface area contributed by atoms with Crippen LogP contribution in [0.25, 0.3) is 11.2 Å². The van der Waals surface area contributed by atoms with Crippen molar-refractivity contribution in [1.82, 2.24) is 23.7 Å². The van der Waals surface area contributed by atoms with Gasteiger partial charge in [-0.2, -0.15) is 0 Å². The number of aliphatic hydroxyl groups is 1. The van der Waals surface area contributed by atoms with E-state index in [0.717, 1.165) is 10.6 Å². The van der Waals surface area contributed by atoms with Gasteiger partial charge < -0.3 is 9.67 Å². The van der Waals surface area contributed by atoms with Gasteiger partial charge in [-0.25, -0.2) is 14.8 Å². The van der Waals surface area contributed by atoms with Crippen LogP contribution in [0.1, 0.15) is 29.4 Å². The predicted molar refractivity (Wildman–Crippen MR) is 96.0 cm³/mol. The Morgan fingerprint density at radius 3 is 2.56 bits per heavy atom. The van der Waals surface area contributed by atoms with E-state index < -0.39 is 5.60 Å². The van der Waals surface area contributed by atoms with Crippen molar-refractivity contribution in [2.24, 2.45) is 14.1 Å². The molecular formula is C16H21N5O3S. The normalized spacial score (nSPS) is 12.2. The highest BCUT2D eigenvalue weighted by molar-refractivity contribution is 7.11. The fraction of sp³-hybridized carbons (Fsp3) is 0.500. The van der Waals surface area contributed by atoms with Gasteiger partial charge in [0.1, 0.15) is 10.6 Å². The van der Waals surface area contributed by atoms with Gasteiger partial charge in [0.2, 0.25) is 0 Å². The van der Waals surface area contributed by atoms with Gasteiger partial charge in [0, 0.05) is 31.9 Å². The Hall–Kier alpha value is -2.26. The maximum absolute atomic E-state index is 12.7. The van der Waals surface area contributed by atoms with Crippen LogP contribution in [0.3, 0.4) is 0 Å². The molecule has 0 spiro atoms. The topological polar surface area (TPSA) is 94.9 Å². The molecule has 0 aliphatic rings. The van der Waals surface area contributed by atoms with E-state index in [9.17, 15) is 14.7 Å². The van der Waals surface area contributed by atoms with Crippen LogP contribution >= 0.6 is 11.3 Å². The molecule has 134 valence electrons. The summed E-state index contributed by atoms with van der Waals surface area (Å²) in [7, 11) is 3.34. The molecule has 8 nitrogen and oxygen atoms in total. The summed E-state index contributed by atoms with van der Waals surface area (Å²) < 4.78 is 4.24. The Labute approximate surface area is 148 Å². The lowest BCUT2D eigenvalue weighted by atomic mass is 10.1. The second-order valence-corrected chi connectivity index (χ2v) is 7.75. The minimum absolute atomic E-state index is 0.251. The molecule has 3 aromatic rings. The number of aromatic nitrogens is 5. The van der Waals surface area contributed by atoms with Crippen LogP contribution in [0.15, 0.2) is 15.9 Å². The molecule has 3 aromatic heterocycles. The van der Waals surface area contributed by atoms with E-state index in [1.54, 1.807) is 32.5 Å². The van der Waals surface area contributed by atoms with Crippen molar-refractivity contribution in [2.75, 3.05) is 0 Å². The zero-order valence-corrected chi connectivity index (χ0v) is 15.7. The third-order valence-electron chi connectivity index (χ3n) is 4.18. The summed E-state index contributed by atoms with van der Waals surface area (Å²) in [5, 5.41) is 10.7. The molecule has 0 radical (unpaired) electrons. The second kappa shape index (κ2) is 5.92. The summed E-state index contributed by atoms with van der Waals surface area (Å²) in [6.07, 6.45) is 2.02. The number of thiazole rings is 1. The minimum Gasteiger partial charge on any atom is -0.383 e. The number of hydrogen-bond acceptors (Lipinski definition) is 6. The number of aryl methyl sites for hydroxylation is 4. The number of hydrogen-bond donors (Lipinski definition) is 1. The molecule has 0 unspecified atom stereocenters. The number of imidazole rings is 1. The maximum atomic E-state index is 12.7. The lowest BCUT2D eigenvalue weighted by molar-refractivity contribution is 0.0781. The van der Waals surface area contributed by atoms with E-state index in [1.165, 1.54) is 26.8 Å². The van der Waals surface area contributed by atoms with Gasteiger partial charge in [0.05, 0.1) is 12.0 Å². The minimum atomic E-state index is -1.01. The Morgan fingerprint density at radius 1 is 1.28 bits per heavy atom. The molecule has 1 N–H and O–H groups in total. The first-order valence-corrected chi connectivity index (χ1v) is 8.73. The summed E-state index contributed by atoms with van der Waals surface area (Å²) >= 11 is 1.41. The molecule has 0 saturated heterocycles. The third kappa shape index (κ3) is 2.93. The Bertz CT molecular complexity index is 1060. The highest BCUT2D eigenvalue weighted by Gasteiger charge is 2.22. The van der Waals surface area contributed by atoms with Crippen molar-refractivity contribution in [1.29, 1.82) is 0 Å². The number of fused-ring (bicyclic) bond motifs is 1. The first kappa shape index (κ1) is 17.6. The summed E-state index contributed by atoms with van der Waals surface area (Å²) in [6, 6.07) is 0. The first-order chi connectivity index (χ1) is 11.6. The van der Waals surface area contributed by atoms with Crippen molar-refractivity contribution in [3.63, 3.8) is 0 Å². The zero-order valence-electron chi connectivity index (χ0n) is 14.9. The molecule has 0 aromatic carbocycles. The van der Waals surface area contributed by atoms with Gasteiger partial charge in [0.25, 0.3) is 5.56 Å². The van der Waals surface area contributed by atoms with Crippen LogP contribution in [0.4, 0.5) is 0 Å². The van der Waals surface area contributed by atoms with Crippen LogP contribution in [-0.2, 0) is 32.7 Å². The average Bonchev–Trinajstić information content (AvgIpc) is 3.08. The highest BCUT2D eigenvalue weighted by atomic mass is 32.1. The van der Waals surface area contributed by atoms with Gasteiger partial charge in [0.15, 0.2) is 11.2 Å². The summed E-state index contributed by atoms with van der Waals surface area (Å²) in [5.74, 6) is 0. The van der Waals surface area contributed by atoms with Crippen LogP contribution in [-0.4, -0.2) is 28.8 Å². The quantitative estimate of drug-likeness (QED) is 0.735. The van der Waals surface area contributed by atoms with Crippen LogP contribution < -0.4 is 11.2 Å². The average molecular weight is 363 g/mol. The van der Waals surface area contributed by atoms with Crippen LogP contribution in [0.2, 0.25) is 0 Å². The van der Waals surface area contributed by atoms with E-state index >= 15 is 0 Å². The first-order valence-electron chi connectivity index (χ1n) is 7.91. The molecule has 3 rings (SSSR count). The van der Waals surface area contributed by atoms with Crippen molar-refractivity contribution >= 4 is 22.5 Å². The lowest BCUT2D eigenvalue weighted by Gasteiger charge is -2.12. The van der Waals surface area contributed by atoms with Crippen molar-refractivity contribution in [3.05, 3.63) is 42.7 Å². The summed E-state index contributed by atoms with van der Waals surface area (Å²) in [4.78, 5) is 34.7. The fourth-order valence-electron chi connectivity index (χ4n) is 2.73. The van der Waals surface area contributed by atoms with Crippen LogP contribution in [0.5, 0.6) is 0 Å². The van der Waals surface area contributed by atoms with E-state index in [2.05, 4.69) is 9.97 Å². The van der Waals surface area contributed by atoms with Crippen molar-refractivity contribution < 1.29 is 5.11 Å². The number of nitrogens with zero attached hydrogens (tertiary/aromatic N) is 5. The maximum Gasteiger partial charge on any atom is 0.332 e. The third-order valence-corrected chi connectivity index (χ3v) is 5.71. The van der Waals surface area contributed by atoms with Crippen molar-refractivity contribution in [2.45, 2.75) is 39.3 Å². The van der Waals surface area contributed by atoms with Crippen molar-refractivity contribution in [3.8, 4) is 0 Å². The van der Waals surface area contributed by atoms with E-state index in [4.69, 9.17) is 0 Å². The molecule has 0 aliphatic heterocycles. The standard InChI is InChI=1S/C16H21N5O3S/c1-9-10(25-14(18-9)16(2,3)24)6-7-21-13(22)11-12(17-8-19(11)4)20(5)15(21)23/h8,24H,6-7H2,1-5H3. The van der Waals surface area contributed by atoms with Gasteiger partial charge >= 0.3 is 5.69 Å². The van der Waals surface area contributed by atoms with Crippen LogP contribution in [0, 0.1) is 6.92 Å². The molecule has 0 amide bonds. The van der Waals surface area contributed by atoms with Gasteiger partial charge in [-0.15, -0.1) is 11.3 Å². The van der Waals surface area contributed by atoms with Gasteiger partial charge in [-0.1, -0.05) is 0 Å². The smallest absolute Gasteiger partial charge is 0.332 e. The van der Waals surface area contributed by atoms with E-state index in [-0.39, 0.29) is 17.8 Å².